The van der Waals surface area contributed by atoms with Crippen LogP contribution in [0.4, 0.5) is 0 Å². The summed E-state index contributed by atoms with van der Waals surface area (Å²) in [5.41, 5.74) is 0. The van der Waals surface area contributed by atoms with E-state index < -0.39 is 0 Å². The first kappa shape index (κ1) is 14.2. The van der Waals surface area contributed by atoms with Gasteiger partial charge in [0.15, 0.2) is 6.71 Å². The molecular weight excluding hydrogens is 339 g/mol. The monoisotopic (exact) mass is 360 g/mol. The molecule has 0 aliphatic carbocycles. The third-order valence-corrected chi connectivity index (χ3v) is 6.98. The average molecular weight is 362 g/mol. The zero-order chi connectivity index (χ0) is 12.3. The summed E-state index contributed by atoms with van der Waals surface area (Å²) in [5, 5.41) is 0. The van der Waals surface area contributed by atoms with Crippen molar-refractivity contribution in [1.82, 2.24) is 0 Å². The molecule has 96 valence electrons. The van der Waals surface area contributed by atoms with Crippen molar-refractivity contribution in [1.29, 1.82) is 0 Å². The van der Waals surface area contributed by atoms with E-state index in [1.165, 1.54) is 66.7 Å². The highest BCUT2D eigenvalue weighted by Gasteiger charge is 2.41. The Morgan fingerprint density at radius 2 is 1.59 bits per heavy atom. The van der Waals surface area contributed by atoms with Crippen LogP contribution in [0.2, 0.25) is 11.6 Å². The first-order chi connectivity index (χ1) is 8.24. The molecule has 0 N–H and O–H groups in total. The molecule has 0 aromatic heterocycles. The van der Waals surface area contributed by atoms with Gasteiger partial charge in [0.25, 0.3) is 0 Å². The molecule has 17 heavy (non-hydrogen) atoms. The van der Waals surface area contributed by atoms with E-state index in [0.717, 1.165) is 18.3 Å². The van der Waals surface area contributed by atoms with Crippen LogP contribution in [0.25, 0.3) is 0 Å². The van der Waals surface area contributed by atoms with E-state index in [-0.39, 0.29) is 0 Å². The minimum absolute atomic E-state index is 0.837. The molecule has 0 aromatic rings. The smallest absolute Gasteiger partial charge is 0.0656 e. The largest absolute Gasteiger partial charge is 0.192 e. The normalized spacial score (nSPS) is 30.2. The van der Waals surface area contributed by atoms with Crippen LogP contribution in [0.15, 0.2) is 8.86 Å². The molecule has 2 saturated heterocycles. The molecular formula is C14H23BBr2. The van der Waals surface area contributed by atoms with Gasteiger partial charge < -0.3 is 0 Å². The van der Waals surface area contributed by atoms with Crippen molar-refractivity contribution >= 4 is 38.6 Å². The third-order valence-electron chi connectivity index (χ3n) is 4.62. The van der Waals surface area contributed by atoms with Crippen molar-refractivity contribution in [2.75, 3.05) is 0 Å². The fraction of sp³-hybridized carbons (Fsp3) is 0.857. The Kier molecular flexibility index (Phi) is 5.67. The van der Waals surface area contributed by atoms with Gasteiger partial charge in [-0.2, -0.15) is 0 Å². The van der Waals surface area contributed by atoms with Crippen LogP contribution >= 0.6 is 31.9 Å². The van der Waals surface area contributed by atoms with Crippen molar-refractivity contribution in [2.45, 2.75) is 76.3 Å². The number of halogens is 2. The summed E-state index contributed by atoms with van der Waals surface area (Å²) in [6.07, 6.45) is 12.6. The zero-order valence-electron chi connectivity index (χ0n) is 10.9. The summed E-state index contributed by atoms with van der Waals surface area (Å²) in [6, 6.07) is 0. The van der Waals surface area contributed by atoms with Gasteiger partial charge in [-0.25, -0.2) is 0 Å². The predicted octanol–water partition coefficient (Wildman–Crippen LogP) is 6.32. The van der Waals surface area contributed by atoms with Gasteiger partial charge in [-0.3, -0.25) is 0 Å². The van der Waals surface area contributed by atoms with Crippen LogP contribution < -0.4 is 0 Å². The predicted molar refractivity (Wildman–Crippen MR) is 85.4 cm³/mol. The Bertz CT molecular complexity index is 266. The van der Waals surface area contributed by atoms with E-state index >= 15 is 0 Å². The van der Waals surface area contributed by atoms with E-state index in [0.29, 0.717) is 0 Å². The highest BCUT2D eigenvalue weighted by molar-refractivity contribution is 9.14. The van der Waals surface area contributed by atoms with Crippen molar-refractivity contribution in [3.8, 4) is 0 Å². The molecule has 2 rings (SSSR count). The first-order valence-electron chi connectivity index (χ1n) is 7.28. The van der Waals surface area contributed by atoms with Gasteiger partial charge in [0, 0.05) is 0 Å². The van der Waals surface area contributed by atoms with Crippen LogP contribution in [0.5, 0.6) is 0 Å². The Morgan fingerprint density at radius 3 is 2.06 bits per heavy atom. The van der Waals surface area contributed by atoms with Gasteiger partial charge in [0.05, 0.1) is 0 Å². The van der Waals surface area contributed by atoms with Crippen LogP contribution in [-0.2, 0) is 0 Å². The van der Waals surface area contributed by atoms with Gasteiger partial charge >= 0.3 is 0 Å². The highest BCUT2D eigenvalue weighted by Crippen LogP contribution is 2.50. The molecule has 0 spiro atoms. The number of unbranched alkanes of at least 4 members (excludes halogenated alkanes) is 1. The topological polar surface area (TPSA) is 0 Å². The van der Waals surface area contributed by atoms with Gasteiger partial charge in [-0.05, 0) is 21.7 Å². The van der Waals surface area contributed by atoms with Crippen LogP contribution in [0.1, 0.15) is 64.7 Å². The quantitative estimate of drug-likeness (QED) is 0.514. The van der Waals surface area contributed by atoms with E-state index in [1.54, 1.807) is 0 Å². The van der Waals surface area contributed by atoms with Crippen molar-refractivity contribution in [3.63, 3.8) is 0 Å². The second-order valence-electron chi connectivity index (χ2n) is 5.76. The Labute approximate surface area is 123 Å². The van der Waals surface area contributed by atoms with E-state index in [2.05, 4.69) is 38.8 Å². The minimum atomic E-state index is 0.837. The van der Waals surface area contributed by atoms with Gasteiger partial charge in [0.2, 0.25) is 0 Å². The maximum absolute atomic E-state index is 3.92. The van der Waals surface area contributed by atoms with Crippen LogP contribution in [0, 0.1) is 0 Å². The van der Waals surface area contributed by atoms with Crippen LogP contribution in [0.3, 0.4) is 0 Å². The lowest BCUT2D eigenvalue weighted by Gasteiger charge is -2.40. The molecule has 0 atom stereocenters. The second-order valence-corrected chi connectivity index (χ2v) is 7.58. The average Bonchev–Trinajstić information content (AvgIpc) is 2.34. The fourth-order valence-electron chi connectivity index (χ4n) is 3.72. The van der Waals surface area contributed by atoms with E-state index in [9.17, 15) is 0 Å². The maximum Gasteiger partial charge on any atom is 0.192 e. The highest BCUT2D eigenvalue weighted by atomic mass is 79.9. The fourth-order valence-corrected chi connectivity index (χ4v) is 5.21. The molecule has 2 aliphatic rings. The molecule has 2 aliphatic heterocycles. The number of fused-ring (bicyclic) bond motifs is 2. The minimum Gasteiger partial charge on any atom is -0.0656 e. The third kappa shape index (κ3) is 3.40. The Morgan fingerprint density at radius 1 is 1.06 bits per heavy atom. The summed E-state index contributed by atoms with van der Waals surface area (Å²) < 4.78 is 2.96. The first-order valence-corrected chi connectivity index (χ1v) is 8.86. The van der Waals surface area contributed by atoms with E-state index in [1.807, 2.05) is 0 Å². The second kappa shape index (κ2) is 6.79. The van der Waals surface area contributed by atoms with Crippen molar-refractivity contribution < 1.29 is 0 Å². The molecule has 2 heterocycles. The number of hydrogen-bond donors (Lipinski definition) is 0. The summed E-state index contributed by atoms with van der Waals surface area (Å²) in [5.74, 6) is 1.93. The summed E-state index contributed by atoms with van der Waals surface area (Å²) in [7, 11) is 0. The molecule has 2 bridgehead atoms. The summed E-state index contributed by atoms with van der Waals surface area (Å²) >= 11 is 7.74. The molecule has 0 amide bonds. The Hall–Kier alpha value is 0.765. The molecule has 0 nitrogen and oxygen atoms in total. The molecule has 3 heteroatoms. The lowest BCUT2D eigenvalue weighted by Crippen LogP contribution is -2.35. The van der Waals surface area contributed by atoms with E-state index in [4.69, 9.17) is 0 Å². The lowest BCUT2D eigenvalue weighted by atomic mass is 9.27. The number of hydrogen-bond acceptors (Lipinski definition) is 0. The molecule has 0 radical (unpaired) electrons. The Balaban J connectivity index is 2.08. The maximum atomic E-state index is 3.92. The molecule has 2 fully saturated rings. The van der Waals surface area contributed by atoms with Gasteiger partial charge in [-0.1, -0.05) is 95.4 Å². The number of rotatable bonds is 4. The SMILES string of the molecule is CCCC/C(Br)=C(/Br)B1C2CCCC1CCC2. The zero-order valence-corrected chi connectivity index (χ0v) is 14.0. The molecule has 0 saturated carbocycles. The van der Waals surface area contributed by atoms with Crippen molar-refractivity contribution in [2.24, 2.45) is 0 Å². The number of allylic oxidation sites excluding steroid dienone is 1. The lowest BCUT2D eigenvalue weighted by molar-refractivity contribution is 0.447. The van der Waals surface area contributed by atoms with Crippen molar-refractivity contribution in [3.05, 3.63) is 8.86 Å². The standard InChI is InChI=1S/C14H23BBr2/c1-2-3-10-13(16)14(17)15-11-6-4-7-12(15)9-5-8-11/h11-12H,2-10H2,1H3/b14-13-. The molecule has 0 aromatic carbocycles. The van der Waals surface area contributed by atoms with Gasteiger partial charge in [0.1, 0.15) is 0 Å². The van der Waals surface area contributed by atoms with Gasteiger partial charge in [-0.15, -0.1) is 0 Å². The summed E-state index contributed by atoms with van der Waals surface area (Å²) in [4.78, 5) is 0. The summed E-state index contributed by atoms with van der Waals surface area (Å²) in [6.45, 7) is 3.10. The van der Waals surface area contributed by atoms with Crippen LogP contribution in [-0.4, -0.2) is 6.71 Å². The molecule has 0 unspecified atom stereocenters.